The van der Waals surface area contributed by atoms with Crippen molar-refractivity contribution in [2.24, 2.45) is 0 Å². The maximum Gasteiger partial charge on any atom is 0.343 e. The first-order chi connectivity index (χ1) is 6.60. The third-order valence-electron chi connectivity index (χ3n) is 1.24. The van der Waals surface area contributed by atoms with Gasteiger partial charge in [0.05, 0.1) is 11.6 Å². The molecule has 0 amide bonds. The lowest BCUT2D eigenvalue weighted by Gasteiger charge is -2.21. The smallest absolute Gasteiger partial charge is 0.343 e. The van der Waals surface area contributed by atoms with Crippen LogP contribution in [-0.2, 0) is 14.3 Å². The monoisotopic (exact) mass is 218 g/mol. The minimum atomic E-state index is -2.94. The van der Waals surface area contributed by atoms with E-state index >= 15 is 0 Å². The Morgan fingerprint density at radius 3 is 2.20 bits per heavy atom. The highest BCUT2D eigenvalue weighted by Crippen LogP contribution is 2.16. The molecular weight excluding hydrogens is 208 g/mol. The highest BCUT2D eigenvalue weighted by atomic mass is 16.8. The highest BCUT2D eigenvalue weighted by molar-refractivity contribution is 5.90. The van der Waals surface area contributed by atoms with Crippen LogP contribution in [0.4, 0.5) is 0 Å². The van der Waals surface area contributed by atoms with Gasteiger partial charge in [0.2, 0.25) is 5.79 Å². The zero-order valence-corrected chi connectivity index (χ0v) is 7.80. The maximum atomic E-state index is 11.0. The second-order valence-electron chi connectivity index (χ2n) is 2.79. The van der Waals surface area contributed by atoms with E-state index in [2.05, 4.69) is 11.3 Å². The molecule has 0 aliphatic carbocycles. The molecule has 0 radical (unpaired) electrons. The molecule has 0 atom stereocenters. The summed E-state index contributed by atoms with van der Waals surface area (Å²) in [6.07, 6.45) is 0.211. The van der Waals surface area contributed by atoms with Gasteiger partial charge in [0.25, 0.3) is 0 Å². The summed E-state index contributed by atoms with van der Waals surface area (Å²) >= 11 is 0. The normalized spacial score (nSPS) is 11.5. The lowest BCUT2D eigenvalue weighted by molar-refractivity contribution is -0.306. The molecule has 7 nitrogen and oxygen atoms in total. The summed E-state index contributed by atoms with van der Waals surface area (Å²) in [5.41, 5.74) is -0.958. The first-order valence-corrected chi connectivity index (χ1v) is 3.64. The Hall–Kier alpha value is -1.50. The fourth-order valence-electron chi connectivity index (χ4n) is 0.557. The molecule has 15 heavy (non-hydrogen) atoms. The van der Waals surface area contributed by atoms with Crippen LogP contribution in [0.2, 0.25) is 0 Å². The van der Waals surface area contributed by atoms with Crippen LogP contribution in [0.1, 0.15) is 6.92 Å². The highest BCUT2D eigenvalue weighted by Gasteiger charge is 2.34. The predicted molar refractivity (Wildman–Crippen MR) is 45.5 cm³/mol. The van der Waals surface area contributed by atoms with Gasteiger partial charge in [-0.2, -0.15) is 0 Å². The minimum absolute atomic E-state index is 0.211. The summed E-state index contributed by atoms with van der Waals surface area (Å²) < 4.78 is 3.93. The van der Waals surface area contributed by atoms with Crippen molar-refractivity contribution >= 4 is 11.9 Å². The number of aliphatic hydroxyl groups is 4. The summed E-state index contributed by atoms with van der Waals surface area (Å²) in [6, 6.07) is 0. The van der Waals surface area contributed by atoms with Crippen molar-refractivity contribution in [3.8, 4) is 0 Å². The van der Waals surface area contributed by atoms with Crippen molar-refractivity contribution in [2.45, 2.75) is 18.7 Å². The van der Waals surface area contributed by atoms with Crippen LogP contribution >= 0.6 is 0 Å². The van der Waals surface area contributed by atoms with Gasteiger partial charge in [-0.05, 0) is 0 Å². The minimum Gasteiger partial charge on any atom is -0.405 e. The fraction of sp³-hybridized carbons (Fsp3) is 0.375. The summed E-state index contributed by atoms with van der Waals surface area (Å²) in [5.74, 6) is -6.17. The molecule has 0 aliphatic heterocycles. The Kier molecular flexibility index (Phi) is 3.91. The third kappa shape index (κ3) is 4.50. The van der Waals surface area contributed by atoms with Gasteiger partial charge < -0.3 is 25.2 Å². The molecule has 0 spiro atoms. The quantitative estimate of drug-likeness (QED) is 0.183. The van der Waals surface area contributed by atoms with E-state index in [0.717, 1.165) is 12.9 Å². The van der Waals surface area contributed by atoms with Crippen molar-refractivity contribution < 1.29 is 34.8 Å². The lowest BCUT2D eigenvalue weighted by atomic mass is 10.1. The first-order valence-electron chi connectivity index (χ1n) is 3.64. The van der Waals surface area contributed by atoms with Crippen LogP contribution in [0, 0.1) is 0 Å². The second-order valence-corrected chi connectivity index (χ2v) is 2.79. The third-order valence-corrected chi connectivity index (χ3v) is 1.24. The molecule has 0 unspecified atom stereocenters. The van der Waals surface area contributed by atoms with E-state index in [-0.39, 0.29) is 6.08 Å². The molecular formula is C8H10O7. The molecule has 0 saturated heterocycles. The van der Waals surface area contributed by atoms with E-state index < -0.39 is 23.3 Å². The van der Waals surface area contributed by atoms with Gasteiger partial charge in [-0.3, -0.25) is 0 Å². The standard InChI is InChI=1S/C8H10O7/c1-5(8(13,14)3-4-9)6(10)15-7(2,11)12/h3,11-14H,1H2,2H3. The number of ether oxygens (including phenoxy) is 1. The van der Waals surface area contributed by atoms with Crippen LogP contribution in [0.15, 0.2) is 18.2 Å². The Labute approximate surface area is 84.5 Å². The van der Waals surface area contributed by atoms with Crippen molar-refractivity contribution in [3.63, 3.8) is 0 Å². The molecule has 0 fully saturated rings. The number of rotatable bonds is 4. The molecule has 0 saturated carbocycles. The summed E-state index contributed by atoms with van der Waals surface area (Å²) in [7, 11) is 0. The molecule has 0 aromatic heterocycles. The fourth-order valence-corrected chi connectivity index (χ4v) is 0.557. The van der Waals surface area contributed by atoms with Crippen molar-refractivity contribution in [2.75, 3.05) is 0 Å². The topological polar surface area (TPSA) is 124 Å². The van der Waals surface area contributed by atoms with Crippen molar-refractivity contribution in [1.29, 1.82) is 0 Å². The number of esters is 1. The predicted octanol–water partition coefficient (Wildman–Crippen LogP) is -2.19. The Morgan fingerprint density at radius 2 is 1.87 bits per heavy atom. The largest absolute Gasteiger partial charge is 0.405 e. The van der Waals surface area contributed by atoms with E-state index in [0.29, 0.717) is 0 Å². The molecule has 0 aromatic carbocycles. The molecule has 0 aliphatic rings. The maximum absolute atomic E-state index is 11.0. The molecule has 0 heterocycles. The zero-order valence-electron chi connectivity index (χ0n) is 7.80. The lowest BCUT2D eigenvalue weighted by Crippen LogP contribution is -2.38. The number of hydrogen-bond donors (Lipinski definition) is 4. The average molecular weight is 218 g/mol. The summed E-state index contributed by atoms with van der Waals surface area (Å²) in [6.45, 7) is 3.65. The summed E-state index contributed by atoms with van der Waals surface area (Å²) in [4.78, 5) is 20.8. The number of carbonyl (C=O) groups is 1. The molecule has 0 bridgehead atoms. The molecule has 0 aromatic rings. The molecule has 0 rings (SSSR count). The second kappa shape index (κ2) is 4.35. The zero-order chi connectivity index (χ0) is 12.3. The van der Waals surface area contributed by atoms with E-state index in [1.54, 1.807) is 0 Å². The Morgan fingerprint density at radius 1 is 1.40 bits per heavy atom. The number of carbonyl (C=O) groups excluding carboxylic acids is 2. The summed E-state index contributed by atoms with van der Waals surface area (Å²) in [5, 5.41) is 35.4. The van der Waals surface area contributed by atoms with Gasteiger partial charge in [0.15, 0.2) is 0 Å². The van der Waals surface area contributed by atoms with Crippen LogP contribution in [0.3, 0.4) is 0 Å². The van der Waals surface area contributed by atoms with Crippen molar-refractivity contribution in [1.82, 2.24) is 0 Å². The van der Waals surface area contributed by atoms with E-state index in [1.807, 2.05) is 0 Å². The SMILES string of the molecule is C=C(C(=O)OC(C)(O)O)C(O)(O)C=C=O. The van der Waals surface area contributed by atoms with Gasteiger partial charge in [-0.1, -0.05) is 6.58 Å². The van der Waals surface area contributed by atoms with E-state index in [4.69, 9.17) is 20.4 Å². The molecule has 84 valence electrons. The van der Waals surface area contributed by atoms with Gasteiger partial charge in [-0.25, -0.2) is 9.59 Å². The van der Waals surface area contributed by atoms with Crippen molar-refractivity contribution in [3.05, 3.63) is 18.2 Å². The van der Waals surface area contributed by atoms with E-state index in [1.165, 1.54) is 0 Å². The van der Waals surface area contributed by atoms with E-state index in [9.17, 15) is 9.59 Å². The van der Waals surface area contributed by atoms with Crippen LogP contribution < -0.4 is 0 Å². The van der Waals surface area contributed by atoms with Crippen LogP contribution in [0.25, 0.3) is 0 Å². The van der Waals surface area contributed by atoms with Gasteiger partial charge >= 0.3 is 11.9 Å². The van der Waals surface area contributed by atoms with Gasteiger partial charge in [0, 0.05) is 6.92 Å². The van der Waals surface area contributed by atoms with Crippen LogP contribution in [0.5, 0.6) is 0 Å². The first kappa shape index (κ1) is 13.5. The average Bonchev–Trinajstić information content (AvgIpc) is 1.99. The number of hydrogen-bond acceptors (Lipinski definition) is 7. The van der Waals surface area contributed by atoms with Crippen LogP contribution in [-0.4, -0.2) is 44.1 Å². The van der Waals surface area contributed by atoms with Gasteiger partial charge in [0.1, 0.15) is 5.94 Å². The van der Waals surface area contributed by atoms with Gasteiger partial charge in [-0.15, -0.1) is 0 Å². The Bertz CT molecular complexity index is 316. The molecule has 4 N–H and O–H groups in total. The molecule has 7 heteroatoms. The Balaban J connectivity index is 4.74.